The number of nitrogens with one attached hydrogen (secondary N) is 2. The van der Waals surface area contributed by atoms with Crippen molar-refractivity contribution in [2.45, 2.75) is 12.8 Å². The van der Waals surface area contributed by atoms with Gasteiger partial charge in [-0.2, -0.15) is 4.98 Å². The molecule has 0 bridgehead atoms. The lowest BCUT2D eigenvalue weighted by Gasteiger charge is -2.23. The first kappa shape index (κ1) is 12.6. The molecule has 0 aromatic carbocycles. The van der Waals surface area contributed by atoms with E-state index < -0.39 is 12.0 Å². The number of hydrogen-bond acceptors (Lipinski definition) is 8. The van der Waals surface area contributed by atoms with Crippen molar-refractivity contribution in [3.8, 4) is 0 Å². The number of aromatic amines is 1. The smallest absolute Gasteiger partial charge is 0.277 e. The summed E-state index contributed by atoms with van der Waals surface area (Å²) in [4.78, 5) is 19.2. The lowest BCUT2D eigenvalue weighted by atomic mass is 10.4. The molecule has 100 valence electrons. The third-order valence-electron chi connectivity index (χ3n) is 2.45. The topological polar surface area (TPSA) is 137 Å². The number of ether oxygens (including phenoxy) is 1. The van der Waals surface area contributed by atoms with Crippen LogP contribution in [0.5, 0.6) is 0 Å². The summed E-state index contributed by atoms with van der Waals surface area (Å²) in [5, 5.41) is 21.2. The van der Waals surface area contributed by atoms with E-state index in [4.69, 9.17) is 15.6 Å². The Hall–Kier alpha value is -1.84. The largest absolute Gasteiger partial charge is 0.396 e. The maximum Gasteiger partial charge on any atom is 0.277 e. The van der Waals surface area contributed by atoms with E-state index in [0.717, 1.165) is 0 Å². The Morgan fingerprint density at radius 2 is 2.39 bits per heavy atom. The molecule has 0 radical (unpaired) electrons. The maximum absolute atomic E-state index is 11.5. The van der Waals surface area contributed by atoms with Crippen molar-refractivity contribution in [2.24, 2.45) is 0 Å². The fraction of sp³-hybridized carbons (Fsp3) is 0.556. The van der Waals surface area contributed by atoms with Gasteiger partial charge in [0, 0.05) is 6.61 Å². The third kappa shape index (κ3) is 2.37. The lowest BCUT2D eigenvalue weighted by Crippen LogP contribution is -2.37. The van der Waals surface area contributed by atoms with E-state index in [9.17, 15) is 9.90 Å². The number of rotatable bonds is 5. The van der Waals surface area contributed by atoms with E-state index in [1.165, 1.54) is 4.90 Å². The van der Waals surface area contributed by atoms with E-state index in [1.54, 1.807) is 0 Å². The van der Waals surface area contributed by atoms with E-state index in [0.29, 0.717) is 6.42 Å². The number of aliphatic hydroxyl groups excluding tert-OH is 2. The summed E-state index contributed by atoms with van der Waals surface area (Å²) in [7, 11) is 0. The number of nitrogen functional groups attached to an aromatic ring is 1. The quantitative estimate of drug-likeness (QED) is 0.308. The Balaban J connectivity index is 2.13. The maximum atomic E-state index is 11.5. The van der Waals surface area contributed by atoms with Gasteiger partial charge in [-0.05, 0) is 6.42 Å². The predicted molar refractivity (Wildman–Crippen MR) is 63.9 cm³/mol. The lowest BCUT2D eigenvalue weighted by molar-refractivity contribution is -0.100. The van der Waals surface area contributed by atoms with Gasteiger partial charge in [-0.15, -0.1) is 0 Å². The van der Waals surface area contributed by atoms with Gasteiger partial charge < -0.3 is 26.0 Å². The summed E-state index contributed by atoms with van der Waals surface area (Å²) < 4.78 is 5.09. The minimum atomic E-state index is -1.25. The van der Waals surface area contributed by atoms with Gasteiger partial charge in [0.25, 0.3) is 5.56 Å². The Morgan fingerprint density at radius 1 is 1.61 bits per heavy atom. The number of aromatic nitrogens is 2. The monoisotopic (exact) mass is 257 g/mol. The molecule has 1 aliphatic rings. The van der Waals surface area contributed by atoms with Gasteiger partial charge in [-0.25, -0.2) is 0 Å². The highest BCUT2D eigenvalue weighted by molar-refractivity contribution is 5.70. The third-order valence-corrected chi connectivity index (χ3v) is 2.45. The van der Waals surface area contributed by atoms with Crippen LogP contribution in [0.15, 0.2) is 4.79 Å². The van der Waals surface area contributed by atoms with Crippen LogP contribution in [0, 0.1) is 0 Å². The molecule has 1 aromatic heterocycles. The summed E-state index contributed by atoms with van der Waals surface area (Å²) >= 11 is 0. The zero-order chi connectivity index (χ0) is 13.1. The molecule has 1 atom stereocenters. The van der Waals surface area contributed by atoms with Crippen LogP contribution in [0.25, 0.3) is 0 Å². The highest BCUT2D eigenvalue weighted by Gasteiger charge is 2.29. The first-order valence-electron chi connectivity index (χ1n) is 5.44. The molecule has 2 rings (SSSR count). The van der Waals surface area contributed by atoms with Crippen molar-refractivity contribution in [3.05, 3.63) is 10.4 Å². The van der Waals surface area contributed by atoms with Crippen LogP contribution in [0.4, 0.5) is 17.5 Å². The molecule has 0 spiro atoms. The Bertz CT molecular complexity index is 477. The molecule has 9 nitrogen and oxygen atoms in total. The van der Waals surface area contributed by atoms with Crippen molar-refractivity contribution in [3.63, 3.8) is 0 Å². The van der Waals surface area contributed by atoms with Gasteiger partial charge in [-0.3, -0.25) is 14.7 Å². The van der Waals surface area contributed by atoms with Crippen molar-refractivity contribution in [2.75, 3.05) is 35.8 Å². The molecule has 0 fully saturated rings. The SMILES string of the molecule is Nc1nc2c(c(=O)[nH]1)NCN2C(O)OCCCO. The van der Waals surface area contributed by atoms with Crippen LogP contribution >= 0.6 is 0 Å². The summed E-state index contributed by atoms with van der Waals surface area (Å²) in [6.45, 7) is 0.365. The number of anilines is 3. The Labute approximate surface area is 102 Å². The second-order valence-electron chi connectivity index (χ2n) is 3.73. The Kier molecular flexibility index (Phi) is 3.65. The number of fused-ring (bicyclic) bond motifs is 1. The average Bonchev–Trinajstić information content (AvgIpc) is 2.73. The first-order valence-corrected chi connectivity index (χ1v) is 5.44. The highest BCUT2D eigenvalue weighted by atomic mass is 16.6. The van der Waals surface area contributed by atoms with Gasteiger partial charge in [0.2, 0.25) is 12.4 Å². The fourth-order valence-corrected chi connectivity index (χ4v) is 1.61. The van der Waals surface area contributed by atoms with Gasteiger partial charge in [0.1, 0.15) is 5.69 Å². The van der Waals surface area contributed by atoms with Crippen LogP contribution in [-0.2, 0) is 4.74 Å². The van der Waals surface area contributed by atoms with Crippen LogP contribution in [0.3, 0.4) is 0 Å². The molecule has 18 heavy (non-hydrogen) atoms. The normalized spacial score (nSPS) is 15.3. The molecule has 1 aromatic rings. The molecule has 0 saturated carbocycles. The summed E-state index contributed by atoms with van der Waals surface area (Å²) in [6.07, 6.45) is -0.838. The van der Waals surface area contributed by atoms with Crippen LogP contribution in [0.2, 0.25) is 0 Å². The van der Waals surface area contributed by atoms with E-state index in [1.807, 2.05) is 0 Å². The molecule has 9 heteroatoms. The number of aliphatic hydroxyl groups is 2. The number of nitrogens with zero attached hydrogens (tertiary/aromatic N) is 2. The van der Waals surface area contributed by atoms with E-state index in [2.05, 4.69) is 15.3 Å². The molecule has 6 N–H and O–H groups in total. The molecule has 1 unspecified atom stereocenters. The van der Waals surface area contributed by atoms with E-state index >= 15 is 0 Å². The molecule has 1 aliphatic heterocycles. The second kappa shape index (κ2) is 5.21. The minimum Gasteiger partial charge on any atom is -0.396 e. The Morgan fingerprint density at radius 3 is 3.11 bits per heavy atom. The first-order chi connectivity index (χ1) is 8.63. The second-order valence-corrected chi connectivity index (χ2v) is 3.73. The molecule has 0 saturated heterocycles. The molecular weight excluding hydrogens is 242 g/mol. The van der Waals surface area contributed by atoms with Gasteiger partial charge >= 0.3 is 0 Å². The summed E-state index contributed by atoms with van der Waals surface area (Å²) in [5.74, 6) is 0.211. The van der Waals surface area contributed by atoms with Gasteiger partial charge in [0.05, 0.1) is 13.3 Å². The van der Waals surface area contributed by atoms with Crippen molar-refractivity contribution < 1.29 is 14.9 Å². The van der Waals surface area contributed by atoms with E-state index in [-0.39, 0.29) is 37.3 Å². The van der Waals surface area contributed by atoms with Crippen molar-refractivity contribution >= 4 is 17.5 Å². The van der Waals surface area contributed by atoms with Crippen LogP contribution in [-0.4, -0.2) is 46.5 Å². The molecular formula is C9H15N5O4. The zero-order valence-electron chi connectivity index (χ0n) is 9.59. The van der Waals surface area contributed by atoms with Crippen molar-refractivity contribution in [1.29, 1.82) is 0 Å². The fourth-order valence-electron chi connectivity index (χ4n) is 1.61. The van der Waals surface area contributed by atoms with Gasteiger partial charge in [0.15, 0.2) is 5.82 Å². The number of H-pyrrole nitrogens is 1. The van der Waals surface area contributed by atoms with Crippen LogP contribution < -0.4 is 21.5 Å². The number of hydrogen-bond donors (Lipinski definition) is 5. The molecule has 2 heterocycles. The number of nitrogens with two attached hydrogens (primary N) is 1. The van der Waals surface area contributed by atoms with Crippen molar-refractivity contribution in [1.82, 2.24) is 9.97 Å². The predicted octanol–water partition coefficient (Wildman–Crippen LogP) is -1.78. The highest BCUT2D eigenvalue weighted by Crippen LogP contribution is 2.26. The zero-order valence-corrected chi connectivity index (χ0v) is 9.59. The van der Waals surface area contributed by atoms with Gasteiger partial charge in [-0.1, -0.05) is 0 Å². The summed E-state index contributed by atoms with van der Waals surface area (Å²) in [5.41, 5.74) is 5.28. The summed E-state index contributed by atoms with van der Waals surface area (Å²) in [6, 6.07) is 0. The molecule has 0 amide bonds. The minimum absolute atomic E-state index is 0.0214. The van der Waals surface area contributed by atoms with Crippen LogP contribution in [0.1, 0.15) is 6.42 Å². The average molecular weight is 257 g/mol. The standard InChI is InChI=1S/C9H15N5O4/c10-8-12-6-5(7(16)13-8)11-4-14(6)9(17)18-3-1-2-15/h9,11,15,17H,1-4H2,(H3,10,12,13,16). The molecule has 0 aliphatic carbocycles.